The van der Waals surface area contributed by atoms with Crippen LogP contribution in [-0.2, 0) is 21.3 Å². The number of nitrogens with one attached hydrogen (secondary N) is 1. The molecule has 0 amide bonds. The summed E-state index contributed by atoms with van der Waals surface area (Å²) in [6.07, 6.45) is 0. The van der Waals surface area contributed by atoms with Crippen LogP contribution < -0.4 is 14.9 Å². The van der Waals surface area contributed by atoms with Crippen molar-refractivity contribution in [2.45, 2.75) is 18.1 Å². The minimum atomic E-state index is -4.00. The van der Waals surface area contributed by atoms with Crippen LogP contribution >= 0.6 is 0 Å². The van der Waals surface area contributed by atoms with E-state index in [0.717, 1.165) is 11.6 Å². The smallest absolute Gasteiger partial charge is 0.435 e. The highest BCUT2D eigenvalue weighted by Crippen LogP contribution is 2.22. The minimum absolute atomic E-state index is 0.221. The zero-order valence-corrected chi connectivity index (χ0v) is 13.0. The topological polar surface area (TPSA) is 84.9 Å². The number of rotatable bonds is 5. The lowest BCUT2D eigenvalue weighted by molar-refractivity contribution is -0.0499. The Morgan fingerprint density at radius 2 is 2.04 bits per heavy atom. The average molecular weight is 355 g/mol. The second kappa shape index (κ2) is 6.38. The molecular formula is C14H12BF2NO5S. The van der Waals surface area contributed by atoms with Crippen LogP contribution in [0.5, 0.6) is 5.75 Å². The molecule has 126 valence electrons. The molecule has 6 nitrogen and oxygen atoms in total. The van der Waals surface area contributed by atoms with Crippen LogP contribution in [-0.4, -0.2) is 27.2 Å². The first-order valence-electron chi connectivity index (χ1n) is 6.85. The Labute approximate surface area is 137 Å². The summed E-state index contributed by atoms with van der Waals surface area (Å²) < 4.78 is 60.8. The van der Waals surface area contributed by atoms with Gasteiger partial charge in [0.2, 0.25) is 0 Å². The molecule has 0 saturated heterocycles. The summed E-state index contributed by atoms with van der Waals surface area (Å²) in [7, 11) is -5.11. The van der Waals surface area contributed by atoms with Crippen molar-refractivity contribution < 1.29 is 31.6 Å². The summed E-state index contributed by atoms with van der Waals surface area (Å²) in [5, 5.41) is 9.65. The molecule has 1 heterocycles. The average Bonchev–Trinajstić information content (AvgIpc) is 2.88. The van der Waals surface area contributed by atoms with E-state index in [0.29, 0.717) is 5.46 Å². The maximum atomic E-state index is 12.4. The van der Waals surface area contributed by atoms with Gasteiger partial charge in [0.1, 0.15) is 5.75 Å². The van der Waals surface area contributed by atoms with Crippen molar-refractivity contribution in [3.63, 3.8) is 0 Å². The number of fused-ring (bicyclic) bond motifs is 1. The van der Waals surface area contributed by atoms with Crippen LogP contribution in [0.1, 0.15) is 5.56 Å². The third-order valence-corrected chi connectivity index (χ3v) is 4.78. The largest absolute Gasteiger partial charge is 0.491 e. The second-order valence-electron chi connectivity index (χ2n) is 5.04. The van der Waals surface area contributed by atoms with E-state index < -0.39 is 23.8 Å². The number of benzene rings is 2. The Morgan fingerprint density at radius 1 is 1.25 bits per heavy atom. The molecule has 0 spiro atoms. The van der Waals surface area contributed by atoms with Gasteiger partial charge in [0.15, 0.2) is 0 Å². The van der Waals surface area contributed by atoms with E-state index in [1.807, 2.05) is 0 Å². The molecule has 2 aromatic rings. The lowest BCUT2D eigenvalue weighted by Crippen LogP contribution is -2.28. The van der Waals surface area contributed by atoms with Gasteiger partial charge in [-0.05, 0) is 35.3 Å². The normalized spacial score (nSPS) is 13.9. The van der Waals surface area contributed by atoms with Gasteiger partial charge in [-0.3, -0.25) is 4.72 Å². The lowest BCUT2D eigenvalue weighted by atomic mass is 9.79. The first-order valence-corrected chi connectivity index (χ1v) is 8.34. The van der Waals surface area contributed by atoms with Crippen molar-refractivity contribution >= 4 is 28.3 Å². The number of ether oxygens (including phenoxy) is 1. The van der Waals surface area contributed by atoms with Gasteiger partial charge in [0.25, 0.3) is 10.0 Å². The Kier molecular flexibility index (Phi) is 4.44. The first kappa shape index (κ1) is 16.7. The Balaban J connectivity index is 1.85. The standard InChI is InChI=1S/C14H12BF2NO5S/c16-14(17)23-11-2-1-3-12(7-11)24(20,21)18-10-5-4-9-8-22-15(19)13(9)6-10/h1-7,14,18-19H,8H2. The van der Waals surface area contributed by atoms with E-state index in [1.165, 1.54) is 30.3 Å². The van der Waals surface area contributed by atoms with Gasteiger partial charge in [-0.1, -0.05) is 12.1 Å². The van der Waals surface area contributed by atoms with Gasteiger partial charge in [-0.25, -0.2) is 8.42 Å². The number of hydrogen-bond donors (Lipinski definition) is 2. The van der Waals surface area contributed by atoms with Crippen LogP contribution in [0.25, 0.3) is 0 Å². The van der Waals surface area contributed by atoms with E-state index in [2.05, 4.69) is 9.46 Å². The van der Waals surface area contributed by atoms with Crippen molar-refractivity contribution in [3.05, 3.63) is 48.0 Å². The van der Waals surface area contributed by atoms with Crippen molar-refractivity contribution in [1.29, 1.82) is 0 Å². The molecule has 3 rings (SSSR count). The van der Waals surface area contributed by atoms with Crippen molar-refractivity contribution in [2.75, 3.05) is 4.72 Å². The fraction of sp³-hybridized carbons (Fsp3) is 0.143. The van der Waals surface area contributed by atoms with Gasteiger partial charge in [0.05, 0.1) is 11.5 Å². The van der Waals surface area contributed by atoms with Crippen molar-refractivity contribution in [2.24, 2.45) is 0 Å². The van der Waals surface area contributed by atoms with Crippen molar-refractivity contribution in [3.8, 4) is 5.75 Å². The molecular weight excluding hydrogens is 343 g/mol. The zero-order chi connectivity index (χ0) is 17.3. The zero-order valence-electron chi connectivity index (χ0n) is 12.1. The summed E-state index contributed by atoms with van der Waals surface area (Å²) >= 11 is 0. The highest BCUT2D eigenvalue weighted by molar-refractivity contribution is 7.92. The molecule has 1 aliphatic heterocycles. The number of hydrogen-bond acceptors (Lipinski definition) is 5. The second-order valence-corrected chi connectivity index (χ2v) is 6.72. The lowest BCUT2D eigenvalue weighted by Gasteiger charge is -2.11. The van der Waals surface area contributed by atoms with Gasteiger partial charge in [-0.2, -0.15) is 8.78 Å². The summed E-state index contributed by atoms with van der Waals surface area (Å²) in [5.41, 5.74) is 1.46. The summed E-state index contributed by atoms with van der Waals surface area (Å²) in [4.78, 5) is -0.224. The van der Waals surface area contributed by atoms with Crippen LogP contribution in [0.4, 0.5) is 14.5 Å². The third kappa shape index (κ3) is 3.50. The first-order chi connectivity index (χ1) is 11.3. The van der Waals surface area contributed by atoms with Crippen LogP contribution in [0.15, 0.2) is 47.4 Å². The van der Waals surface area contributed by atoms with Crippen LogP contribution in [0.2, 0.25) is 0 Å². The molecule has 0 atom stereocenters. The fourth-order valence-electron chi connectivity index (χ4n) is 2.31. The van der Waals surface area contributed by atoms with E-state index >= 15 is 0 Å². The molecule has 0 bridgehead atoms. The quantitative estimate of drug-likeness (QED) is 0.790. The summed E-state index contributed by atoms with van der Waals surface area (Å²) in [6.45, 7) is -2.80. The number of anilines is 1. The number of alkyl halides is 2. The number of halogens is 2. The molecule has 0 aromatic heterocycles. The Hall–Kier alpha value is -2.17. The molecule has 24 heavy (non-hydrogen) atoms. The highest BCUT2D eigenvalue weighted by atomic mass is 32.2. The van der Waals surface area contributed by atoms with E-state index in [9.17, 15) is 22.2 Å². The van der Waals surface area contributed by atoms with Gasteiger partial charge in [-0.15, -0.1) is 0 Å². The Bertz CT molecular complexity index is 862. The molecule has 10 heteroatoms. The van der Waals surface area contributed by atoms with Crippen LogP contribution in [0, 0.1) is 0 Å². The monoisotopic (exact) mass is 355 g/mol. The molecule has 0 saturated carbocycles. The van der Waals surface area contributed by atoms with E-state index in [4.69, 9.17) is 4.65 Å². The molecule has 0 radical (unpaired) electrons. The van der Waals surface area contributed by atoms with Gasteiger partial charge < -0.3 is 14.4 Å². The SMILES string of the molecule is O=S(=O)(Nc1ccc2c(c1)B(O)OC2)c1cccc(OC(F)F)c1. The maximum Gasteiger partial charge on any atom is 0.491 e. The number of sulfonamides is 1. The highest BCUT2D eigenvalue weighted by Gasteiger charge is 2.28. The van der Waals surface area contributed by atoms with E-state index in [1.54, 1.807) is 6.07 Å². The van der Waals surface area contributed by atoms with Gasteiger partial charge >= 0.3 is 13.7 Å². The molecule has 0 aliphatic carbocycles. The molecule has 2 aromatic carbocycles. The van der Waals surface area contributed by atoms with Crippen LogP contribution in [0.3, 0.4) is 0 Å². The molecule has 1 aliphatic rings. The molecule has 0 unspecified atom stereocenters. The molecule has 0 fully saturated rings. The minimum Gasteiger partial charge on any atom is -0.435 e. The third-order valence-electron chi connectivity index (χ3n) is 3.40. The maximum absolute atomic E-state index is 12.4. The molecule has 2 N–H and O–H groups in total. The Morgan fingerprint density at radius 3 is 2.79 bits per heavy atom. The van der Waals surface area contributed by atoms with Gasteiger partial charge in [0, 0.05) is 11.8 Å². The predicted molar refractivity (Wildman–Crippen MR) is 82.7 cm³/mol. The van der Waals surface area contributed by atoms with E-state index in [-0.39, 0.29) is 22.9 Å². The summed E-state index contributed by atoms with van der Waals surface area (Å²) in [5.74, 6) is -0.259. The summed E-state index contributed by atoms with van der Waals surface area (Å²) in [6, 6.07) is 9.41. The predicted octanol–water partition coefficient (Wildman–Crippen LogP) is 1.31. The fourth-order valence-corrected chi connectivity index (χ4v) is 3.39. The van der Waals surface area contributed by atoms with Crippen molar-refractivity contribution in [1.82, 2.24) is 0 Å².